The Balaban J connectivity index is 1.95. The van der Waals surface area contributed by atoms with Crippen LogP contribution in [0, 0.1) is 9.82 Å². The fourth-order valence-corrected chi connectivity index (χ4v) is 1.62. The van der Waals surface area contributed by atoms with E-state index in [0.29, 0.717) is 3.90 Å². The van der Waals surface area contributed by atoms with Crippen molar-refractivity contribution >= 4 is 22.6 Å². The Morgan fingerprint density at radius 1 is 1.45 bits per heavy atom. The van der Waals surface area contributed by atoms with Gasteiger partial charge in [0, 0.05) is 29.0 Å². The first-order chi connectivity index (χ1) is 5.34. The molecule has 60 valence electrons. The predicted octanol–water partition coefficient (Wildman–Crippen LogP) is 2.02. The quantitative estimate of drug-likeness (QED) is 0.767. The third-order valence-electron chi connectivity index (χ3n) is 2.13. The molecule has 1 aromatic rings. The summed E-state index contributed by atoms with van der Waals surface area (Å²) < 4.78 is 5.90. The van der Waals surface area contributed by atoms with E-state index in [0.717, 1.165) is 18.2 Å². The van der Waals surface area contributed by atoms with Crippen molar-refractivity contribution in [2.45, 2.75) is 25.7 Å². The normalized spacial score (nSPS) is 18.3. The number of aromatic nitrogens is 2. The second-order valence-corrected chi connectivity index (χ2v) is 3.87. The highest BCUT2D eigenvalue weighted by atomic mass is 127. The molecule has 0 saturated heterocycles. The fraction of sp³-hybridized carbons (Fsp3) is 0.714. The summed E-state index contributed by atoms with van der Waals surface area (Å²) >= 11 is 2.04. The van der Waals surface area contributed by atoms with Gasteiger partial charge in [0.15, 0.2) is 0 Å². The van der Waals surface area contributed by atoms with E-state index >= 15 is 0 Å². The van der Waals surface area contributed by atoms with Crippen molar-refractivity contribution in [2.24, 2.45) is 5.92 Å². The van der Waals surface area contributed by atoms with Gasteiger partial charge in [0.05, 0.1) is 0 Å². The van der Waals surface area contributed by atoms with Gasteiger partial charge in [-0.3, -0.25) is 0 Å². The molecule has 1 heterocycles. The number of hydrogen-bond donors (Lipinski definition) is 0. The molecular formula is C7H9IN2O. The van der Waals surface area contributed by atoms with Crippen molar-refractivity contribution in [3.63, 3.8) is 0 Å². The molecule has 0 aliphatic heterocycles. The van der Waals surface area contributed by atoms with Gasteiger partial charge in [-0.2, -0.15) is 0 Å². The monoisotopic (exact) mass is 264 g/mol. The van der Waals surface area contributed by atoms with Crippen LogP contribution in [0.5, 0.6) is 0 Å². The molecule has 1 fully saturated rings. The van der Waals surface area contributed by atoms with Crippen LogP contribution in [-0.4, -0.2) is 10.2 Å². The van der Waals surface area contributed by atoms with E-state index in [1.807, 2.05) is 22.6 Å². The molecule has 0 aromatic carbocycles. The van der Waals surface area contributed by atoms with Crippen LogP contribution in [0.4, 0.5) is 0 Å². The van der Waals surface area contributed by atoms with Crippen LogP contribution >= 0.6 is 22.6 Å². The van der Waals surface area contributed by atoms with E-state index in [9.17, 15) is 0 Å². The average molecular weight is 264 g/mol. The van der Waals surface area contributed by atoms with Crippen LogP contribution in [0.3, 0.4) is 0 Å². The smallest absolute Gasteiger partial charge is 0.278 e. The zero-order chi connectivity index (χ0) is 7.68. The zero-order valence-electron chi connectivity index (χ0n) is 6.09. The Bertz CT molecular complexity index is 244. The van der Waals surface area contributed by atoms with Crippen molar-refractivity contribution in [2.75, 3.05) is 0 Å². The van der Waals surface area contributed by atoms with Crippen molar-refractivity contribution in [3.05, 3.63) is 9.79 Å². The first-order valence-electron chi connectivity index (χ1n) is 3.82. The van der Waals surface area contributed by atoms with Crippen LogP contribution < -0.4 is 0 Å². The average Bonchev–Trinajstić information content (AvgIpc) is 2.27. The molecule has 0 N–H and O–H groups in total. The predicted molar refractivity (Wildman–Crippen MR) is 48.1 cm³/mol. The molecule has 0 radical (unpaired) electrons. The van der Waals surface area contributed by atoms with E-state index in [-0.39, 0.29) is 0 Å². The molecule has 1 aliphatic rings. The summed E-state index contributed by atoms with van der Waals surface area (Å²) in [6.07, 6.45) is 5.02. The van der Waals surface area contributed by atoms with Crippen LogP contribution in [0.1, 0.15) is 25.2 Å². The van der Waals surface area contributed by atoms with Gasteiger partial charge >= 0.3 is 0 Å². The van der Waals surface area contributed by atoms with Gasteiger partial charge in [0.2, 0.25) is 5.89 Å². The molecule has 3 nitrogen and oxygen atoms in total. The SMILES string of the molecule is Ic1nnc(CC2CCC2)o1. The zero-order valence-corrected chi connectivity index (χ0v) is 8.24. The van der Waals surface area contributed by atoms with Gasteiger partial charge in [-0.15, -0.1) is 10.2 Å². The van der Waals surface area contributed by atoms with E-state index < -0.39 is 0 Å². The summed E-state index contributed by atoms with van der Waals surface area (Å²) in [6.45, 7) is 0. The second-order valence-electron chi connectivity index (χ2n) is 2.95. The van der Waals surface area contributed by atoms with Gasteiger partial charge in [0.1, 0.15) is 0 Å². The van der Waals surface area contributed by atoms with E-state index in [2.05, 4.69) is 10.2 Å². The first-order valence-corrected chi connectivity index (χ1v) is 4.90. The standard InChI is InChI=1S/C7H9IN2O/c8-7-10-9-6(11-7)4-5-2-1-3-5/h5H,1-4H2. The van der Waals surface area contributed by atoms with Crippen LogP contribution in [0.2, 0.25) is 0 Å². The maximum atomic E-state index is 5.25. The summed E-state index contributed by atoms with van der Waals surface area (Å²) in [5.41, 5.74) is 0. The maximum Gasteiger partial charge on any atom is 0.278 e. The number of hydrogen-bond acceptors (Lipinski definition) is 3. The Morgan fingerprint density at radius 2 is 2.27 bits per heavy atom. The second kappa shape index (κ2) is 3.08. The molecule has 1 aromatic heterocycles. The summed E-state index contributed by atoms with van der Waals surface area (Å²) in [7, 11) is 0. The highest BCUT2D eigenvalue weighted by molar-refractivity contribution is 14.1. The molecule has 2 rings (SSSR count). The highest BCUT2D eigenvalue weighted by Crippen LogP contribution is 2.29. The number of nitrogens with zero attached hydrogens (tertiary/aromatic N) is 2. The van der Waals surface area contributed by atoms with E-state index in [1.165, 1.54) is 19.3 Å². The molecular weight excluding hydrogens is 255 g/mol. The minimum absolute atomic E-state index is 0.650. The highest BCUT2D eigenvalue weighted by Gasteiger charge is 2.20. The summed E-state index contributed by atoms with van der Waals surface area (Å²) in [5.74, 6) is 1.62. The van der Waals surface area contributed by atoms with Crippen molar-refractivity contribution < 1.29 is 4.42 Å². The summed E-state index contributed by atoms with van der Waals surface area (Å²) in [5, 5.41) is 7.71. The van der Waals surface area contributed by atoms with Crippen molar-refractivity contribution in [1.82, 2.24) is 10.2 Å². The molecule has 4 heteroatoms. The summed E-state index contributed by atoms with van der Waals surface area (Å²) in [6, 6.07) is 0. The van der Waals surface area contributed by atoms with E-state index in [4.69, 9.17) is 4.42 Å². The molecule has 0 unspecified atom stereocenters. The molecule has 0 amide bonds. The Labute approximate surface area is 78.7 Å². The lowest BCUT2D eigenvalue weighted by Gasteiger charge is -2.23. The Morgan fingerprint density at radius 3 is 2.73 bits per heavy atom. The van der Waals surface area contributed by atoms with Gasteiger partial charge < -0.3 is 4.42 Å². The first kappa shape index (κ1) is 7.52. The van der Waals surface area contributed by atoms with Crippen LogP contribution in [-0.2, 0) is 6.42 Å². The Kier molecular flexibility index (Phi) is 2.11. The van der Waals surface area contributed by atoms with Crippen LogP contribution in [0.25, 0.3) is 0 Å². The van der Waals surface area contributed by atoms with Gasteiger partial charge in [0.25, 0.3) is 3.90 Å². The minimum atomic E-state index is 0.650. The molecule has 0 bridgehead atoms. The van der Waals surface area contributed by atoms with Crippen LogP contribution in [0.15, 0.2) is 4.42 Å². The molecule has 11 heavy (non-hydrogen) atoms. The van der Waals surface area contributed by atoms with Gasteiger partial charge in [-0.1, -0.05) is 6.42 Å². The lowest BCUT2D eigenvalue weighted by atomic mass is 9.83. The molecule has 0 spiro atoms. The molecule has 1 saturated carbocycles. The van der Waals surface area contributed by atoms with Crippen molar-refractivity contribution in [1.29, 1.82) is 0 Å². The maximum absolute atomic E-state index is 5.25. The Hall–Kier alpha value is -0.130. The third kappa shape index (κ3) is 1.72. The lowest BCUT2D eigenvalue weighted by molar-refractivity contribution is 0.288. The lowest BCUT2D eigenvalue weighted by Crippen LogP contribution is -2.13. The summed E-state index contributed by atoms with van der Waals surface area (Å²) in [4.78, 5) is 0. The topological polar surface area (TPSA) is 38.9 Å². The van der Waals surface area contributed by atoms with E-state index in [1.54, 1.807) is 0 Å². The molecule has 1 aliphatic carbocycles. The number of rotatable bonds is 2. The van der Waals surface area contributed by atoms with Gasteiger partial charge in [-0.05, 0) is 18.8 Å². The number of halogens is 1. The third-order valence-corrected chi connectivity index (χ3v) is 2.57. The largest absolute Gasteiger partial charge is 0.416 e. The minimum Gasteiger partial charge on any atom is -0.416 e. The fourth-order valence-electron chi connectivity index (χ4n) is 1.26. The van der Waals surface area contributed by atoms with Crippen molar-refractivity contribution in [3.8, 4) is 0 Å². The molecule has 0 atom stereocenters. The van der Waals surface area contributed by atoms with Gasteiger partial charge in [-0.25, -0.2) is 0 Å².